The van der Waals surface area contributed by atoms with Crippen molar-refractivity contribution in [2.45, 2.75) is 20.0 Å². The summed E-state index contributed by atoms with van der Waals surface area (Å²) in [6.07, 6.45) is 6.04. The predicted octanol–water partition coefficient (Wildman–Crippen LogP) is 4.20. The molecule has 1 atom stereocenters. The number of hydrogen-bond acceptors (Lipinski definition) is 1. The Morgan fingerprint density at radius 2 is 2.15 bits per heavy atom. The highest BCUT2D eigenvalue weighted by Gasteiger charge is 2.06. The van der Waals surface area contributed by atoms with E-state index in [-0.39, 0.29) is 0 Å². The van der Waals surface area contributed by atoms with E-state index in [9.17, 15) is 4.39 Å². The summed E-state index contributed by atoms with van der Waals surface area (Å²) in [4.78, 5) is 1.93. The molecule has 1 rings (SSSR count). The molecule has 70 valence electrons. The molecular weight excluding hydrogens is 183 g/mol. The first-order valence-electron chi connectivity index (χ1n) is 4.24. The molecule has 1 aromatic heterocycles. The lowest BCUT2D eigenvalue weighted by atomic mass is 10.3. The lowest BCUT2D eigenvalue weighted by Gasteiger charge is -1.96. The van der Waals surface area contributed by atoms with Crippen molar-refractivity contribution in [2.24, 2.45) is 0 Å². The molecule has 13 heavy (non-hydrogen) atoms. The highest BCUT2D eigenvalue weighted by Crippen LogP contribution is 2.26. The van der Waals surface area contributed by atoms with E-state index in [1.807, 2.05) is 38.1 Å². The van der Waals surface area contributed by atoms with E-state index >= 15 is 0 Å². The second-order valence-corrected chi connectivity index (χ2v) is 4.08. The zero-order valence-corrected chi connectivity index (χ0v) is 8.64. The molecule has 0 spiro atoms. The van der Waals surface area contributed by atoms with E-state index in [0.29, 0.717) is 0 Å². The first-order chi connectivity index (χ1) is 6.24. The fourth-order valence-electron chi connectivity index (χ4n) is 0.969. The topological polar surface area (TPSA) is 0 Å². The Morgan fingerprint density at radius 3 is 2.69 bits per heavy atom. The molecule has 1 unspecified atom stereocenters. The van der Waals surface area contributed by atoms with Gasteiger partial charge in [-0.3, -0.25) is 0 Å². The average molecular weight is 196 g/mol. The lowest BCUT2D eigenvalue weighted by molar-refractivity contribution is 0.420. The second kappa shape index (κ2) is 4.97. The highest BCUT2D eigenvalue weighted by atomic mass is 32.1. The van der Waals surface area contributed by atoms with Crippen LogP contribution in [0.2, 0.25) is 0 Å². The molecule has 0 fully saturated rings. The molecular formula is C11H13FS. The standard InChI is InChI=1S/C11H13FS/c1-3-4-5-6-10(12)11-8-7-9(2)13-11/h3-8,10H,1-2H3/b4-3-,6-5-. The van der Waals surface area contributed by atoms with Crippen LogP contribution >= 0.6 is 11.3 Å². The largest absolute Gasteiger partial charge is 0.237 e. The van der Waals surface area contributed by atoms with E-state index < -0.39 is 6.17 Å². The quantitative estimate of drug-likeness (QED) is 0.635. The fraction of sp³-hybridized carbons (Fsp3) is 0.273. The van der Waals surface area contributed by atoms with Crippen LogP contribution in [0.5, 0.6) is 0 Å². The number of hydrogen-bond donors (Lipinski definition) is 0. The number of thiophene rings is 1. The van der Waals surface area contributed by atoms with Crippen molar-refractivity contribution in [3.8, 4) is 0 Å². The molecule has 0 saturated carbocycles. The molecule has 0 aliphatic rings. The summed E-state index contributed by atoms with van der Waals surface area (Å²) in [5.41, 5.74) is 0. The summed E-state index contributed by atoms with van der Waals surface area (Å²) in [6, 6.07) is 3.78. The summed E-state index contributed by atoms with van der Waals surface area (Å²) in [7, 11) is 0. The first kappa shape index (κ1) is 10.2. The fourth-order valence-corrected chi connectivity index (χ4v) is 1.80. The van der Waals surface area contributed by atoms with Gasteiger partial charge in [0.1, 0.15) is 0 Å². The van der Waals surface area contributed by atoms with Crippen LogP contribution in [-0.4, -0.2) is 0 Å². The SMILES string of the molecule is C/C=C\C=C/C(F)c1ccc(C)s1. The van der Waals surface area contributed by atoms with E-state index in [1.165, 1.54) is 11.3 Å². The molecule has 0 aromatic carbocycles. The third-order valence-corrected chi connectivity index (χ3v) is 2.67. The molecule has 0 aliphatic carbocycles. The predicted molar refractivity (Wildman–Crippen MR) is 56.9 cm³/mol. The van der Waals surface area contributed by atoms with E-state index in [0.717, 1.165) is 9.75 Å². The van der Waals surface area contributed by atoms with Crippen LogP contribution in [0, 0.1) is 6.92 Å². The Morgan fingerprint density at radius 1 is 1.38 bits per heavy atom. The van der Waals surface area contributed by atoms with Gasteiger partial charge in [-0.2, -0.15) is 0 Å². The average Bonchev–Trinajstić information content (AvgIpc) is 2.52. The Balaban J connectivity index is 2.63. The van der Waals surface area contributed by atoms with Gasteiger partial charge in [0.15, 0.2) is 6.17 Å². The van der Waals surface area contributed by atoms with Crippen LogP contribution in [0.15, 0.2) is 36.4 Å². The molecule has 0 amide bonds. The van der Waals surface area contributed by atoms with Crippen molar-refractivity contribution in [1.82, 2.24) is 0 Å². The van der Waals surface area contributed by atoms with Crippen LogP contribution in [0.1, 0.15) is 22.8 Å². The molecule has 2 heteroatoms. The summed E-state index contributed by atoms with van der Waals surface area (Å²) >= 11 is 1.50. The van der Waals surface area contributed by atoms with Gasteiger partial charge in [0.05, 0.1) is 0 Å². The third kappa shape index (κ3) is 3.15. The van der Waals surface area contributed by atoms with Gasteiger partial charge in [0, 0.05) is 9.75 Å². The number of allylic oxidation sites excluding steroid dienone is 4. The van der Waals surface area contributed by atoms with E-state index in [1.54, 1.807) is 12.2 Å². The number of alkyl halides is 1. The van der Waals surface area contributed by atoms with Gasteiger partial charge in [-0.05, 0) is 32.1 Å². The van der Waals surface area contributed by atoms with Gasteiger partial charge in [0.25, 0.3) is 0 Å². The highest BCUT2D eigenvalue weighted by molar-refractivity contribution is 7.12. The van der Waals surface area contributed by atoms with Crippen molar-refractivity contribution in [3.05, 3.63) is 46.2 Å². The summed E-state index contributed by atoms with van der Waals surface area (Å²) in [6.45, 7) is 3.89. The van der Waals surface area contributed by atoms with Gasteiger partial charge in [-0.1, -0.05) is 18.2 Å². The Labute approximate surface area is 82.4 Å². The minimum Gasteiger partial charge on any atom is -0.237 e. The second-order valence-electron chi connectivity index (χ2n) is 2.76. The maximum atomic E-state index is 13.4. The van der Waals surface area contributed by atoms with Crippen molar-refractivity contribution in [2.75, 3.05) is 0 Å². The monoisotopic (exact) mass is 196 g/mol. The summed E-state index contributed by atoms with van der Waals surface area (Å²) in [5.74, 6) is 0. The number of aryl methyl sites for hydroxylation is 1. The van der Waals surface area contributed by atoms with Gasteiger partial charge in [0.2, 0.25) is 0 Å². The smallest absolute Gasteiger partial charge is 0.153 e. The molecule has 0 aliphatic heterocycles. The normalized spacial score (nSPS) is 14.4. The molecule has 0 bridgehead atoms. The molecule has 0 nitrogen and oxygen atoms in total. The Hall–Kier alpha value is -0.890. The van der Waals surface area contributed by atoms with E-state index in [2.05, 4.69) is 0 Å². The summed E-state index contributed by atoms with van der Waals surface area (Å²) in [5, 5.41) is 0. The molecule has 0 N–H and O–H groups in total. The lowest BCUT2D eigenvalue weighted by Crippen LogP contribution is -1.79. The summed E-state index contributed by atoms with van der Waals surface area (Å²) < 4.78 is 13.4. The maximum Gasteiger partial charge on any atom is 0.153 e. The van der Waals surface area contributed by atoms with Crippen LogP contribution in [-0.2, 0) is 0 Å². The van der Waals surface area contributed by atoms with Gasteiger partial charge >= 0.3 is 0 Å². The van der Waals surface area contributed by atoms with Crippen LogP contribution in [0.3, 0.4) is 0 Å². The van der Waals surface area contributed by atoms with Gasteiger partial charge in [-0.25, -0.2) is 4.39 Å². The Kier molecular flexibility index (Phi) is 3.90. The number of rotatable bonds is 3. The van der Waals surface area contributed by atoms with Crippen molar-refractivity contribution >= 4 is 11.3 Å². The van der Waals surface area contributed by atoms with Gasteiger partial charge < -0.3 is 0 Å². The molecule has 0 saturated heterocycles. The zero-order chi connectivity index (χ0) is 9.68. The minimum absolute atomic E-state index is 0.776. The Bertz CT molecular complexity index is 310. The van der Waals surface area contributed by atoms with Crippen LogP contribution < -0.4 is 0 Å². The zero-order valence-electron chi connectivity index (χ0n) is 7.83. The van der Waals surface area contributed by atoms with Crippen LogP contribution in [0.25, 0.3) is 0 Å². The molecule has 0 radical (unpaired) electrons. The van der Waals surface area contributed by atoms with Crippen molar-refractivity contribution < 1.29 is 4.39 Å². The van der Waals surface area contributed by atoms with E-state index in [4.69, 9.17) is 0 Å². The minimum atomic E-state index is -0.963. The van der Waals surface area contributed by atoms with Crippen molar-refractivity contribution in [3.63, 3.8) is 0 Å². The number of halogens is 1. The van der Waals surface area contributed by atoms with Crippen molar-refractivity contribution in [1.29, 1.82) is 0 Å². The molecule has 1 heterocycles. The van der Waals surface area contributed by atoms with Gasteiger partial charge in [-0.15, -0.1) is 11.3 Å². The third-order valence-electron chi connectivity index (χ3n) is 1.62. The maximum absolute atomic E-state index is 13.4. The molecule has 1 aromatic rings. The first-order valence-corrected chi connectivity index (χ1v) is 5.05. The van der Waals surface area contributed by atoms with Crippen LogP contribution in [0.4, 0.5) is 4.39 Å².